The fourth-order valence-electron chi connectivity index (χ4n) is 2.97. The van der Waals surface area contributed by atoms with Crippen molar-refractivity contribution in [2.45, 2.75) is 38.5 Å². The fourth-order valence-corrected chi connectivity index (χ4v) is 2.97. The Kier molecular flexibility index (Phi) is 7.74. The summed E-state index contributed by atoms with van der Waals surface area (Å²) in [5.74, 6) is -0.633. The number of rotatable bonds is 8. The predicted molar refractivity (Wildman–Crippen MR) is 103 cm³/mol. The molecule has 0 radical (unpaired) electrons. The van der Waals surface area contributed by atoms with Crippen LogP contribution in [-0.2, 0) is 4.79 Å². The van der Waals surface area contributed by atoms with Gasteiger partial charge >= 0.3 is 6.18 Å². The molecule has 8 heteroatoms. The molecule has 0 aliphatic heterocycles. The third-order valence-electron chi connectivity index (χ3n) is 4.32. The molecule has 0 fully saturated rings. The number of hydrogen-bond donors (Lipinski definition) is 2. The lowest BCUT2D eigenvalue weighted by Gasteiger charge is -2.28. The van der Waals surface area contributed by atoms with Crippen LogP contribution in [0.15, 0.2) is 48.8 Å². The molecule has 2 aromatic rings. The number of pyridine rings is 1. The number of alkyl halides is 3. The lowest BCUT2D eigenvalue weighted by Crippen LogP contribution is -2.49. The molecule has 0 aliphatic rings. The van der Waals surface area contributed by atoms with E-state index in [9.17, 15) is 18.0 Å². The summed E-state index contributed by atoms with van der Waals surface area (Å²) in [6.07, 6.45) is -1.17. The molecule has 1 amide bonds. The van der Waals surface area contributed by atoms with Crippen LogP contribution in [0.2, 0.25) is 0 Å². The number of carbonyl (C=O) groups is 1. The van der Waals surface area contributed by atoms with Gasteiger partial charge in [-0.3, -0.25) is 15.1 Å². The Morgan fingerprint density at radius 2 is 1.69 bits per heavy atom. The zero-order chi connectivity index (χ0) is 21.4. The minimum Gasteiger partial charge on any atom is -0.342 e. The van der Waals surface area contributed by atoms with E-state index in [0.717, 1.165) is 11.1 Å². The van der Waals surface area contributed by atoms with Gasteiger partial charge in [0, 0.05) is 12.4 Å². The molecule has 0 unspecified atom stereocenters. The van der Waals surface area contributed by atoms with Crippen molar-refractivity contribution in [2.75, 3.05) is 6.54 Å². The molecule has 0 aliphatic carbocycles. The van der Waals surface area contributed by atoms with Gasteiger partial charge in [-0.1, -0.05) is 38.1 Å². The Bertz CT molecular complexity index is 830. The minimum absolute atomic E-state index is 0.0108. The number of hydrogen-bond acceptors (Lipinski definition) is 4. The van der Waals surface area contributed by atoms with Crippen molar-refractivity contribution < 1.29 is 18.0 Å². The second-order valence-electron chi connectivity index (χ2n) is 7.06. The fraction of sp³-hybridized carbons (Fsp3) is 0.381. The van der Waals surface area contributed by atoms with Gasteiger partial charge in [0.2, 0.25) is 5.91 Å². The summed E-state index contributed by atoms with van der Waals surface area (Å²) in [5, 5.41) is 13.4. The monoisotopic (exact) mass is 404 g/mol. The van der Waals surface area contributed by atoms with Crippen molar-refractivity contribution >= 4 is 5.91 Å². The number of nitriles is 1. The van der Waals surface area contributed by atoms with Crippen LogP contribution in [0.1, 0.15) is 31.9 Å². The Hall–Kier alpha value is -2.92. The molecule has 2 rings (SSSR count). The maximum Gasteiger partial charge on any atom is 0.407 e. The standard InChI is InChI=1S/C21H23F3N4O/c1-14(2)13-18(20(29)27-12-9-25)28-19(21(22,23)24)17-5-3-15(4-6-17)16-7-10-26-11-8-16/h3-8,10-11,14,18-19,28H,12-13H2,1-2H3,(H,27,29)/t18-,19-/m0/s1. The van der Waals surface area contributed by atoms with Gasteiger partial charge in [-0.25, -0.2) is 0 Å². The van der Waals surface area contributed by atoms with Crippen LogP contribution in [-0.4, -0.2) is 29.7 Å². The molecule has 0 spiro atoms. The number of nitrogens with zero attached hydrogens (tertiary/aromatic N) is 2. The van der Waals surface area contributed by atoms with E-state index < -0.39 is 24.2 Å². The number of carbonyl (C=O) groups excluding carboxylic acids is 1. The highest BCUT2D eigenvalue weighted by atomic mass is 19.4. The largest absolute Gasteiger partial charge is 0.407 e. The normalized spacial score (nSPS) is 13.6. The summed E-state index contributed by atoms with van der Waals surface area (Å²) >= 11 is 0. The zero-order valence-corrected chi connectivity index (χ0v) is 16.2. The van der Waals surface area contributed by atoms with E-state index in [0.29, 0.717) is 0 Å². The van der Waals surface area contributed by atoms with E-state index >= 15 is 0 Å². The minimum atomic E-state index is -4.59. The summed E-state index contributed by atoms with van der Waals surface area (Å²) in [5.41, 5.74) is 1.62. The van der Waals surface area contributed by atoms with Gasteiger partial charge in [0.1, 0.15) is 12.6 Å². The van der Waals surface area contributed by atoms with Crippen LogP contribution in [0.3, 0.4) is 0 Å². The van der Waals surface area contributed by atoms with E-state index in [4.69, 9.17) is 5.26 Å². The van der Waals surface area contributed by atoms with Gasteiger partial charge in [0.25, 0.3) is 0 Å². The predicted octanol–water partition coefficient (Wildman–Crippen LogP) is 4.00. The van der Waals surface area contributed by atoms with E-state index in [2.05, 4.69) is 15.6 Å². The lowest BCUT2D eigenvalue weighted by molar-refractivity contribution is -0.161. The zero-order valence-electron chi connectivity index (χ0n) is 16.2. The molecule has 154 valence electrons. The van der Waals surface area contributed by atoms with Crippen LogP contribution in [0.5, 0.6) is 0 Å². The summed E-state index contributed by atoms with van der Waals surface area (Å²) in [4.78, 5) is 16.2. The molecule has 1 heterocycles. The number of aromatic nitrogens is 1. The quantitative estimate of drug-likeness (QED) is 0.652. The van der Waals surface area contributed by atoms with Crippen molar-refractivity contribution in [3.05, 3.63) is 54.4 Å². The number of benzene rings is 1. The lowest BCUT2D eigenvalue weighted by atomic mass is 9.98. The first-order valence-corrected chi connectivity index (χ1v) is 9.20. The summed E-state index contributed by atoms with van der Waals surface area (Å²) < 4.78 is 41.4. The van der Waals surface area contributed by atoms with Gasteiger partial charge in [-0.15, -0.1) is 0 Å². The maximum atomic E-state index is 13.8. The van der Waals surface area contributed by atoms with Crippen molar-refractivity contribution in [1.29, 1.82) is 5.26 Å². The molecule has 1 aromatic heterocycles. The molecule has 29 heavy (non-hydrogen) atoms. The molecular formula is C21H23F3N4O. The van der Waals surface area contributed by atoms with E-state index in [1.54, 1.807) is 42.7 Å². The van der Waals surface area contributed by atoms with Crippen molar-refractivity contribution in [3.8, 4) is 17.2 Å². The molecule has 2 atom stereocenters. The first-order valence-electron chi connectivity index (χ1n) is 9.20. The molecule has 0 saturated heterocycles. The Labute approximate surface area is 168 Å². The van der Waals surface area contributed by atoms with Crippen molar-refractivity contribution in [1.82, 2.24) is 15.6 Å². The van der Waals surface area contributed by atoms with Gasteiger partial charge < -0.3 is 5.32 Å². The molecular weight excluding hydrogens is 381 g/mol. The average molecular weight is 404 g/mol. The van der Waals surface area contributed by atoms with E-state index in [1.807, 2.05) is 13.8 Å². The van der Waals surface area contributed by atoms with Gasteiger partial charge in [-0.2, -0.15) is 18.4 Å². The summed E-state index contributed by atoms with van der Waals surface area (Å²) in [6.45, 7) is 3.38. The Morgan fingerprint density at radius 3 is 2.21 bits per heavy atom. The third kappa shape index (κ3) is 6.57. The number of nitrogens with one attached hydrogen (secondary N) is 2. The molecule has 0 bridgehead atoms. The Balaban J connectivity index is 2.28. The maximum absolute atomic E-state index is 13.8. The smallest absolute Gasteiger partial charge is 0.342 e. The topological polar surface area (TPSA) is 77.8 Å². The molecule has 2 N–H and O–H groups in total. The highest BCUT2D eigenvalue weighted by Gasteiger charge is 2.42. The highest BCUT2D eigenvalue weighted by molar-refractivity contribution is 5.82. The van der Waals surface area contributed by atoms with Crippen LogP contribution >= 0.6 is 0 Å². The molecule has 5 nitrogen and oxygen atoms in total. The van der Waals surface area contributed by atoms with Crippen molar-refractivity contribution in [2.24, 2.45) is 5.92 Å². The van der Waals surface area contributed by atoms with Crippen LogP contribution in [0.25, 0.3) is 11.1 Å². The van der Waals surface area contributed by atoms with Gasteiger partial charge in [0.15, 0.2) is 0 Å². The van der Waals surface area contributed by atoms with E-state index in [1.165, 1.54) is 12.1 Å². The third-order valence-corrected chi connectivity index (χ3v) is 4.32. The highest BCUT2D eigenvalue weighted by Crippen LogP contribution is 2.34. The molecule has 0 saturated carbocycles. The first kappa shape index (κ1) is 22.4. The summed E-state index contributed by atoms with van der Waals surface area (Å²) in [6, 6.07) is 8.24. The number of amides is 1. The second-order valence-corrected chi connectivity index (χ2v) is 7.06. The average Bonchev–Trinajstić information content (AvgIpc) is 2.69. The SMILES string of the molecule is CC(C)C[C@H](N[C@@H](c1ccc(-c2ccncc2)cc1)C(F)(F)F)C(=O)NCC#N. The van der Waals surface area contributed by atoms with Crippen LogP contribution in [0.4, 0.5) is 13.2 Å². The van der Waals surface area contributed by atoms with Gasteiger partial charge in [-0.05, 0) is 41.2 Å². The first-order chi connectivity index (χ1) is 13.7. The van der Waals surface area contributed by atoms with Crippen LogP contribution in [0, 0.1) is 17.2 Å². The van der Waals surface area contributed by atoms with E-state index in [-0.39, 0.29) is 24.4 Å². The second kappa shape index (κ2) is 10.0. The molecule has 1 aromatic carbocycles. The summed E-state index contributed by atoms with van der Waals surface area (Å²) in [7, 11) is 0. The Morgan fingerprint density at radius 1 is 1.10 bits per heavy atom. The van der Waals surface area contributed by atoms with Crippen LogP contribution < -0.4 is 10.6 Å². The van der Waals surface area contributed by atoms with Gasteiger partial charge in [0.05, 0.1) is 12.1 Å². The van der Waals surface area contributed by atoms with Crippen molar-refractivity contribution in [3.63, 3.8) is 0 Å². The number of halogens is 3.